The third kappa shape index (κ3) is 6.59. The highest BCUT2D eigenvalue weighted by molar-refractivity contribution is 6.10. The van der Waals surface area contributed by atoms with Crippen LogP contribution in [0.5, 0.6) is 11.5 Å². The van der Waals surface area contributed by atoms with Crippen LogP contribution in [0.25, 0.3) is 94.9 Å². The Hall–Kier alpha value is -8.28. The van der Waals surface area contributed by atoms with E-state index in [9.17, 15) is 0 Å². The van der Waals surface area contributed by atoms with Crippen LogP contribution in [0.2, 0.25) is 0 Å². The molecule has 3 aromatic heterocycles. The Morgan fingerprint density at radius 3 is 1.57 bits per heavy atom. The highest BCUT2D eigenvalue weighted by Crippen LogP contribution is 2.39. The van der Waals surface area contributed by atoms with Gasteiger partial charge in [-0.1, -0.05) is 140 Å². The molecule has 0 saturated heterocycles. The lowest BCUT2D eigenvalue weighted by molar-refractivity contribution is 0.482. The fraction of sp³-hybridized carbons (Fsp3) is 0.0345. The van der Waals surface area contributed by atoms with E-state index in [1.807, 2.05) is 48.8 Å². The second-order valence-electron chi connectivity index (χ2n) is 16.2. The molecule has 0 aliphatic heterocycles. The van der Waals surface area contributed by atoms with Crippen LogP contribution in [0.4, 0.5) is 0 Å². The Morgan fingerprint density at radius 2 is 0.905 bits per heavy atom. The molecule has 0 fully saturated rings. The van der Waals surface area contributed by atoms with Gasteiger partial charge in [-0.3, -0.25) is 4.57 Å². The number of para-hydroxylation sites is 2. The summed E-state index contributed by atoms with van der Waals surface area (Å²) in [6, 6.07) is 68.5. The molecule has 5 heteroatoms. The van der Waals surface area contributed by atoms with Crippen LogP contribution in [0.1, 0.15) is 17.7 Å². The fourth-order valence-corrected chi connectivity index (χ4v) is 9.28. The lowest BCUT2D eigenvalue weighted by Crippen LogP contribution is -2.02. The zero-order valence-corrected chi connectivity index (χ0v) is 34.4. The first-order valence-corrected chi connectivity index (χ1v) is 21.5. The van der Waals surface area contributed by atoms with Crippen molar-refractivity contribution < 1.29 is 4.74 Å². The largest absolute Gasteiger partial charge is 0.457 e. The minimum atomic E-state index is 0.647. The lowest BCUT2D eigenvalue weighted by Gasteiger charge is -2.14. The van der Waals surface area contributed by atoms with Crippen molar-refractivity contribution in [2.24, 2.45) is 0 Å². The summed E-state index contributed by atoms with van der Waals surface area (Å²) in [5, 5.41) is 3.59. The molecule has 63 heavy (non-hydrogen) atoms. The summed E-state index contributed by atoms with van der Waals surface area (Å²) in [5.74, 6) is 2.30. The van der Waals surface area contributed by atoms with E-state index in [1.54, 1.807) is 0 Å². The molecule has 8 aromatic carbocycles. The number of allylic oxidation sites excluding steroid dienone is 1. The minimum Gasteiger partial charge on any atom is -0.457 e. The number of fused-ring (bicyclic) bond motifs is 6. The Kier molecular flexibility index (Phi) is 8.89. The first-order valence-electron chi connectivity index (χ1n) is 21.5. The Labute approximate surface area is 365 Å². The molecule has 0 unspecified atom stereocenters. The molecular weight excluding hydrogens is 769 g/mol. The quantitative estimate of drug-likeness (QED) is 0.154. The molecule has 298 valence electrons. The van der Waals surface area contributed by atoms with Crippen molar-refractivity contribution in [1.82, 2.24) is 19.1 Å². The van der Waals surface area contributed by atoms with Gasteiger partial charge in [0.25, 0.3) is 0 Å². The standard InChI is InChI=1S/C58H40N4O/c1-3-11-39(12-4-1)40-19-21-41(22-20-40)42-23-25-43(26-24-42)46-37-59-58(60-38-46)62-55-18-10-8-16-51(55)53-36-45(28-34-57(53)62)44-27-33-56-52(35-44)50-15-7-9-17-54(50)61(56)47-29-31-49(32-30-47)63-48-13-5-2-6-14-48/h1-8,10-16,18-38H,9,17H2. The maximum atomic E-state index is 6.12. The molecule has 0 spiro atoms. The second-order valence-corrected chi connectivity index (χ2v) is 16.2. The van der Waals surface area contributed by atoms with Gasteiger partial charge < -0.3 is 9.30 Å². The Bertz CT molecular complexity index is 3470. The molecule has 5 nitrogen and oxygen atoms in total. The van der Waals surface area contributed by atoms with Gasteiger partial charge in [0.15, 0.2) is 0 Å². The van der Waals surface area contributed by atoms with Crippen LogP contribution in [-0.2, 0) is 6.42 Å². The van der Waals surface area contributed by atoms with E-state index in [4.69, 9.17) is 14.7 Å². The van der Waals surface area contributed by atoms with Crippen molar-refractivity contribution in [2.75, 3.05) is 0 Å². The topological polar surface area (TPSA) is 44.9 Å². The van der Waals surface area contributed by atoms with Gasteiger partial charge in [0.2, 0.25) is 5.95 Å². The number of ether oxygens (including phenoxy) is 1. The van der Waals surface area contributed by atoms with Gasteiger partial charge in [0.1, 0.15) is 11.5 Å². The maximum absolute atomic E-state index is 6.12. The van der Waals surface area contributed by atoms with Gasteiger partial charge >= 0.3 is 0 Å². The van der Waals surface area contributed by atoms with Gasteiger partial charge in [-0.2, -0.15) is 0 Å². The summed E-state index contributed by atoms with van der Waals surface area (Å²) in [6.45, 7) is 0. The molecule has 0 amide bonds. The summed E-state index contributed by atoms with van der Waals surface area (Å²) < 4.78 is 10.7. The van der Waals surface area contributed by atoms with Crippen molar-refractivity contribution in [2.45, 2.75) is 12.8 Å². The van der Waals surface area contributed by atoms with Crippen molar-refractivity contribution in [3.8, 4) is 67.6 Å². The third-order valence-electron chi connectivity index (χ3n) is 12.4. The lowest BCUT2D eigenvalue weighted by atomic mass is 9.98. The van der Waals surface area contributed by atoms with E-state index in [1.165, 1.54) is 66.3 Å². The zero-order chi connectivity index (χ0) is 41.7. The number of hydrogen-bond acceptors (Lipinski definition) is 3. The number of rotatable bonds is 8. The van der Waals surface area contributed by atoms with Gasteiger partial charge in [-0.05, 0) is 119 Å². The number of benzene rings is 8. The summed E-state index contributed by atoms with van der Waals surface area (Å²) >= 11 is 0. The van der Waals surface area contributed by atoms with Gasteiger partial charge in [0, 0.05) is 51.1 Å². The average Bonchev–Trinajstić information content (AvgIpc) is 3.87. The molecule has 3 heterocycles. The number of hydrogen-bond donors (Lipinski definition) is 0. The Balaban J connectivity index is 0.848. The van der Waals surface area contributed by atoms with Gasteiger partial charge in [-0.25, -0.2) is 9.97 Å². The van der Waals surface area contributed by atoms with Crippen LogP contribution in [0.15, 0.2) is 213 Å². The highest BCUT2D eigenvalue weighted by atomic mass is 16.5. The van der Waals surface area contributed by atoms with Crippen LogP contribution >= 0.6 is 0 Å². The smallest absolute Gasteiger partial charge is 0.234 e. The SMILES string of the molecule is C1=Cc2c(n(-c3ccc(Oc4ccccc4)cc3)c3ccc(-c4ccc5c(c4)c4ccccc4n5-c4ncc(-c5ccc(-c6ccc(-c7ccccc7)cc6)cc5)cn4)cc23)CC1. The van der Waals surface area contributed by atoms with Crippen molar-refractivity contribution >= 4 is 38.8 Å². The summed E-state index contributed by atoms with van der Waals surface area (Å²) in [6.07, 6.45) is 10.5. The van der Waals surface area contributed by atoms with Crippen LogP contribution in [0, 0.1) is 0 Å². The predicted octanol–water partition coefficient (Wildman–Crippen LogP) is 14.9. The highest BCUT2D eigenvalue weighted by Gasteiger charge is 2.20. The third-order valence-corrected chi connectivity index (χ3v) is 12.4. The van der Waals surface area contributed by atoms with E-state index < -0.39 is 0 Å². The van der Waals surface area contributed by atoms with Gasteiger partial charge in [-0.15, -0.1) is 0 Å². The summed E-state index contributed by atoms with van der Waals surface area (Å²) in [5.41, 5.74) is 16.3. The number of aromatic nitrogens is 4. The molecule has 0 N–H and O–H groups in total. The second kappa shape index (κ2) is 15.3. The molecule has 0 atom stereocenters. The molecule has 0 bridgehead atoms. The van der Waals surface area contributed by atoms with Crippen molar-refractivity contribution in [1.29, 1.82) is 0 Å². The molecular formula is C58H40N4O. The van der Waals surface area contributed by atoms with Crippen molar-refractivity contribution in [3.05, 3.63) is 224 Å². The normalized spacial score (nSPS) is 12.3. The van der Waals surface area contributed by atoms with Crippen molar-refractivity contribution in [3.63, 3.8) is 0 Å². The first-order chi connectivity index (χ1) is 31.2. The molecule has 1 aliphatic rings. The van der Waals surface area contributed by atoms with E-state index in [2.05, 4.69) is 179 Å². The molecule has 11 aromatic rings. The minimum absolute atomic E-state index is 0.647. The van der Waals surface area contributed by atoms with Crippen LogP contribution < -0.4 is 4.74 Å². The Morgan fingerprint density at radius 1 is 0.397 bits per heavy atom. The molecule has 1 aliphatic carbocycles. The van der Waals surface area contributed by atoms with E-state index >= 15 is 0 Å². The van der Waals surface area contributed by atoms with E-state index in [0.29, 0.717) is 5.95 Å². The molecule has 0 radical (unpaired) electrons. The predicted molar refractivity (Wildman–Crippen MR) is 259 cm³/mol. The molecule has 0 saturated carbocycles. The van der Waals surface area contributed by atoms with Gasteiger partial charge in [0.05, 0.1) is 16.6 Å². The van der Waals surface area contributed by atoms with Crippen LogP contribution in [-0.4, -0.2) is 19.1 Å². The zero-order valence-electron chi connectivity index (χ0n) is 34.4. The summed E-state index contributed by atoms with van der Waals surface area (Å²) in [7, 11) is 0. The van der Waals surface area contributed by atoms with E-state index in [0.717, 1.165) is 52.2 Å². The van der Waals surface area contributed by atoms with Crippen LogP contribution in [0.3, 0.4) is 0 Å². The monoisotopic (exact) mass is 808 g/mol. The fourth-order valence-electron chi connectivity index (χ4n) is 9.28. The van der Waals surface area contributed by atoms with E-state index in [-0.39, 0.29) is 0 Å². The average molecular weight is 809 g/mol. The molecule has 12 rings (SSSR count). The summed E-state index contributed by atoms with van der Waals surface area (Å²) in [4.78, 5) is 9.92. The first kappa shape index (κ1) is 36.6. The maximum Gasteiger partial charge on any atom is 0.234 e. The number of nitrogens with zero attached hydrogens (tertiary/aromatic N) is 4.